The molecule has 3 aromatic carbocycles. The standard InChI is InChI=1S/C26H19ClFN3O2/c27-23-12-5-17(14-24(23)28)13-22(26(30)33-16-29)18-7-10-21(11-8-18)32-15-20-9-6-19-3-1-2-4-25(19)31-20/h1-14,16,29-30H,15H2/b22-13+,29-16?,30-26?. The molecule has 0 aliphatic rings. The number of halogens is 2. The summed E-state index contributed by atoms with van der Waals surface area (Å²) in [7, 11) is 0. The first-order chi connectivity index (χ1) is 16.0. The van der Waals surface area contributed by atoms with Gasteiger partial charge in [0.1, 0.15) is 18.2 Å². The van der Waals surface area contributed by atoms with E-state index in [1.54, 1.807) is 36.4 Å². The number of hydrogen-bond acceptors (Lipinski definition) is 5. The summed E-state index contributed by atoms with van der Waals surface area (Å²) >= 11 is 5.76. The van der Waals surface area contributed by atoms with Crippen molar-refractivity contribution in [1.82, 2.24) is 4.98 Å². The first kappa shape index (κ1) is 22.2. The van der Waals surface area contributed by atoms with Gasteiger partial charge >= 0.3 is 0 Å². The third kappa shape index (κ3) is 5.42. The molecule has 164 valence electrons. The first-order valence-electron chi connectivity index (χ1n) is 10.0. The molecule has 7 heteroatoms. The fraction of sp³-hybridized carbons (Fsp3) is 0.0385. The Kier molecular flexibility index (Phi) is 6.76. The minimum Gasteiger partial charge on any atom is -0.487 e. The highest BCUT2D eigenvalue weighted by atomic mass is 35.5. The Morgan fingerprint density at radius 1 is 1.00 bits per heavy atom. The second-order valence-electron chi connectivity index (χ2n) is 7.10. The highest BCUT2D eigenvalue weighted by Gasteiger charge is 2.11. The van der Waals surface area contributed by atoms with Gasteiger partial charge in [0, 0.05) is 11.0 Å². The second-order valence-corrected chi connectivity index (χ2v) is 7.51. The fourth-order valence-electron chi connectivity index (χ4n) is 3.25. The molecule has 0 bridgehead atoms. The molecule has 5 nitrogen and oxygen atoms in total. The van der Waals surface area contributed by atoms with Crippen molar-refractivity contribution < 1.29 is 13.9 Å². The normalized spacial score (nSPS) is 11.3. The summed E-state index contributed by atoms with van der Waals surface area (Å²) in [6.45, 7) is 0.309. The third-order valence-electron chi connectivity index (χ3n) is 4.88. The lowest BCUT2D eigenvalue weighted by molar-refractivity contribution is 0.302. The van der Waals surface area contributed by atoms with Crippen LogP contribution < -0.4 is 4.74 Å². The maximum Gasteiger partial charge on any atom is 0.221 e. The van der Waals surface area contributed by atoms with E-state index in [9.17, 15) is 4.39 Å². The first-order valence-corrected chi connectivity index (χ1v) is 10.4. The molecule has 1 heterocycles. The van der Waals surface area contributed by atoms with Gasteiger partial charge in [-0.2, -0.15) is 0 Å². The topological polar surface area (TPSA) is 79.0 Å². The van der Waals surface area contributed by atoms with Gasteiger partial charge in [-0.1, -0.05) is 54.1 Å². The highest BCUT2D eigenvalue weighted by Crippen LogP contribution is 2.25. The monoisotopic (exact) mass is 459 g/mol. The Morgan fingerprint density at radius 2 is 1.79 bits per heavy atom. The lowest BCUT2D eigenvalue weighted by Crippen LogP contribution is -2.05. The van der Waals surface area contributed by atoms with E-state index in [2.05, 4.69) is 4.98 Å². The van der Waals surface area contributed by atoms with Gasteiger partial charge in [-0.15, -0.1) is 0 Å². The summed E-state index contributed by atoms with van der Waals surface area (Å²) in [4.78, 5) is 4.60. The van der Waals surface area contributed by atoms with Gasteiger partial charge in [-0.25, -0.2) is 9.37 Å². The van der Waals surface area contributed by atoms with Crippen LogP contribution in [0.5, 0.6) is 5.75 Å². The highest BCUT2D eigenvalue weighted by molar-refractivity contribution is 6.30. The van der Waals surface area contributed by atoms with Crippen LogP contribution in [0, 0.1) is 16.6 Å². The number of nitrogens with one attached hydrogen (secondary N) is 2. The number of pyridine rings is 1. The molecule has 33 heavy (non-hydrogen) atoms. The van der Waals surface area contributed by atoms with Crippen molar-refractivity contribution in [2.45, 2.75) is 6.61 Å². The lowest BCUT2D eigenvalue weighted by Gasteiger charge is -2.11. The number of fused-ring (bicyclic) bond motifs is 1. The van der Waals surface area contributed by atoms with Crippen LogP contribution in [0.4, 0.5) is 4.39 Å². The zero-order valence-electron chi connectivity index (χ0n) is 17.4. The quantitative estimate of drug-likeness (QED) is 0.182. The van der Waals surface area contributed by atoms with E-state index >= 15 is 0 Å². The van der Waals surface area contributed by atoms with Gasteiger partial charge in [-0.3, -0.25) is 10.8 Å². The van der Waals surface area contributed by atoms with Crippen LogP contribution in [-0.2, 0) is 11.3 Å². The van der Waals surface area contributed by atoms with Gasteiger partial charge in [0.15, 0.2) is 6.40 Å². The van der Waals surface area contributed by atoms with Gasteiger partial charge in [0.05, 0.1) is 16.2 Å². The number of hydrogen-bond donors (Lipinski definition) is 2. The van der Waals surface area contributed by atoms with Crippen molar-refractivity contribution in [3.8, 4) is 5.75 Å². The Hall–Kier alpha value is -4.03. The molecule has 1 aromatic heterocycles. The maximum atomic E-state index is 13.8. The van der Waals surface area contributed by atoms with Crippen LogP contribution in [-0.4, -0.2) is 17.3 Å². The molecule has 0 radical (unpaired) electrons. The molecule has 0 spiro atoms. The summed E-state index contributed by atoms with van der Waals surface area (Å²) < 4.78 is 24.7. The van der Waals surface area contributed by atoms with Crippen molar-refractivity contribution in [3.05, 3.63) is 107 Å². The Labute approximate surface area is 195 Å². The summed E-state index contributed by atoms with van der Waals surface area (Å²) in [5.74, 6) is -0.171. The average molecular weight is 460 g/mol. The van der Waals surface area contributed by atoms with Crippen molar-refractivity contribution in [3.63, 3.8) is 0 Å². The lowest BCUT2D eigenvalue weighted by atomic mass is 10.0. The average Bonchev–Trinajstić information content (AvgIpc) is 2.84. The number of ether oxygens (including phenoxy) is 2. The van der Waals surface area contributed by atoms with E-state index < -0.39 is 5.82 Å². The zero-order chi connectivity index (χ0) is 23.2. The van der Waals surface area contributed by atoms with E-state index in [0.717, 1.165) is 16.6 Å². The predicted molar refractivity (Wildman–Crippen MR) is 129 cm³/mol. The van der Waals surface area contributed by atoms with Crippen LogP contribution in [0.2, 0.25) is 5.02 Å². The predicted octanol–water partition coefficient (Wildman–Crippen LogP) is 6.75. The van der Waals surface area contributed by atoms with Crippen LogP contribution >= 0.6 is 11.6 Å². The van der Waals surface area contributed by atoms with E-state index in [4.69, 9.17) is 31.9 Å². The van der Waals surface area contributed by atoms with Crippen LogP contribution in [0.3, 0.4) is 0 Å². The summed E-state index contributed by atoms with van der Waals surface area (Å²) in [5.41, 5.74) is 3.25. The molecule has 0 fully saturated rings. The molecular weight excluding hydrogens is 441 g/mol. The number of benzene rings is 3. The summed E-state index contributed by atoms with van der Waals surface area (Å²) in [6.07, 6.45) is 2.27. The van der Waals surface area contributed by atoms with Crippen LogP contribution in [0.1, 0.15) is 16.8 Å². The molecule has 0 aliphatic carbocycles. The van der Waals surface area contributed by atoms with Gasteiger partial charge in [0.25, 0.3) is 0 Å². The molecule has 4 aromatic rings. The van der Waals surface area contributed by atoms with E-state index in [-0.39, 0.29) is 10.9 Å². The van der Waals surface area contributed by atoms with Crippen molar-refractivity contribution in [2.75, 3.05) is 0 Å². The maximum absolute atomic E-state index is 13.8. The van der Waals surface area contributed by atoms with Crippen LogP contribution in [0.25, 0.3) is 22.6 Å². The third-order valence-corrected chi connectivity index (χ3v) is 5.19. The molecule has 0 amide bonds. The Morgan fingerprint density at radius 3 is 2.55 bits per heavy atom. The number of para-hydroxylation sites is 1. The molecule has 0 unspecified atom stereocenters. The minimum absolute atomic E-state index is 0.0157. The SMILES string of the molecule is N=COC(=N)/C(=C/c1ccc(Cl)c(F)c1)c1ccc(OCc2ccc3ccccc3n2)cc1. The summed E-state index contributed by atoms with van der Waals surface area (Å²) in [5, 5.41) is 16.4. The molecule has 0 atom stereocenters. The number of aromatic nitrogens is 1. The van der Waals surface area contributed by atoms with Crippen LogP contribution in [0.15, 0.2) is 78.9 Å². The number of rotatable bonds is 7. The van der Waals surface area contributed by atoms with Gasteiger partial charge in [0.2, 0.25) is 5.90 Å². The zero-order valence-corrected chi connectivity index (χ0v) is 18.1. The molecule has 0 saturated carbocycles. The second kappa shape index (κ2) is 10.1. The van der Waals surface area contributed by atoms with E-state index in [1.807, 2.05) is 36.4 Å². The van der Waals surface area contributed by atoms with Crippen molar-refractivity contribution >= 4 is 46.5 Å². The molecular formula is C26H19ClFN3O2. The molecule has 2 N–H and O–H groups in total. The van der Waals surface area contributed by atoms with Crippen molar-refractivity contribution in [1.29, 1.82) is 10.8 Å². The van der Waals surface area contributed by atoms with E-state index in [0.29, 0.717) is 35.5 Å². The molecule has 0 aliphatic heterocycles. The Balaban J connectivity index is 1.53. The van der Waals surface area contributed by atoms with Crippen molar-refractivity contribution in [2.24, 2.45) is 0 Å². The molecule has 0 saturated heterocycles. The van der Waals surface area contributed by atoms with E-state index in [1.165, 1.54) is 12.1 Å². The van der Waals surface area contributed by atoms with Gasteiger partial charge < -0.3 is 9.47 Å². The molecule has 4 rings (SSSR count). The smallest absolute Gasteiger partial charge is 0.221 e. The summed E-state index contributed by atoms with van der Waals surface area (Å²) in [6, 6.07) is 23.2. The van der Waals surface area contributed by atoms with Gasteiger partial charge in [-0.05, 0) is 53.6 Å². The minimum atomic E-state index is -0.560. The number of nitrogens with zero attached hydrogens (tertiary/aromatic N) is 1. The Bertz CT molecular complexity index is 1350. The fourth-order valence-corrected chi connectivity index (χ4v) is 3.37. The largest absolute Gasteiger partial charge is 0.487 e.